The second-order valence-corrected chi connectivity index (χ2v) is 7.73. The Hall–Kier alpha value is -2.58. The fourth-order valence-electron chi connectivity index (χ4n) is 2.54. The third-order valence-corrected chi connectivity index (χ3v) is 5.63. The maximum atomic E-state index is 12.4. The number of nitrogens with zero attached hydrogens (tertiary/aromatic N) is 4. The summed E-state index contributed by atoms with van der Waals surface area (Å²) >= 11 is 3.19. The van der Waals surface area contributed by atoms with E-state index in [-0.39, 0.29) is 5.91 Å². The molecule has 0 fully saturated rings. The summed E-state index contributed by atoms with van der Waals surface area (Å²) in [5.74, 6) is 1.00. The second-order valence-electron chi connectivity index (χ2n) is 5.84. The van der Waals surface area contributed by atoms with Crippen molar-refractivity contribution < 1.29 is 9.21 Å². The summed E-state index contributed by atoms with van der Waals surface area (Å²) in [6, 6.07) is 9.92. The summed E-state index contributed by atoms with van der Waals surface area (Å²) in [6.07, 6.45) is 0.757. The largest absolute Gasteiger partial charge is 0.421 e. The number of hydrogen-bond donors (Lipinski definition) is 0. The summed E-state index contributed by atoms with van der Waals surface area (Å²) in [5, 5.41) is 12.9. The summed E-state index contributed by atoms with van der Waals surface area (Å²) in [5.41, 5.74) is 1.88. The van der Waals surface area contributed by atoms with Gasteiger partial charge in [-0.1, -0.05) is 12.1 Å². The minimum atomic E-state index is 0.0274. The van der Waals surface area contributed by atoms with E-state index in [1.807, 2.05) is 41.1 Å². The third-order valence-electron chi connectivity index (χ3n) is 3.92. The van der Waals surface area contributed by atoms with Crippen LogP contribution in [-0.2, 0) is 17.8 Å². The van der Waals surface area contributed by atoms with Gasteiger partial charge in [-0.3, -0.25) is 4.79 Å². The van der Waals surface area contributed by atoms with E-state index in [1.54, 1.807) is 34.6 Å². The lowest BCUT2D eigenvalue weighted by Crippen LogP contribution is -2.26. The summed E-state index contributed by atoms with van der Waals surface area (Å²) < 4.78 is 6.75. The number of carbonyl (C=O) groups excluding carboxylic acids is 1. The molecule has 4 rings (SSSR count). The fourth-order valence-corrected chi connectivity index (χ4v) is 4.19. The van der Waals surface area contributed by atoms with Gasteiger partial charge in [0.25, 0.3) is 0 Å². The van der Waals surface area contributed by atoms with Crippen LogP contribution in [-0.4, -0.2) is 33.0 Å². The molecule has 1 amide bonds. The van der Waals surface area contributed by atoms with E-state index < -0.39 is 0 Å². The predicted octanol–water partition coefficient (Wildman–Crippen LogP) is 4.00. The Morgan fingerprint density at radius 1 is 1.23 bits per heavy atom. The zero-order valence-corrected chi connectivity index (χ0v) is 15.7. The molecule has 0 unspecified atom stereocenters. The van der Waals surface area contributed by atoms with Gasteiger partial charge < -0.3 is 9.32 Å². The van der Waals surface area contributed by atoms with Crippen LogP contribution in [0.25, 0.3) is 21.7 Å². The first-order chi connectivity index (χ1) is 12.7. The zero-order chi connectivity index (χ0) is 17.9. The number of amides is 1. The summed E-state index contributed by atoms with van der Waals surface area (Å²) in [7, 11) is 1.79. The van der Waals surface area contributed by atoms with E-state index in [1.165, 1.54) is 0 Å². The van der Waals surface area contributed by atoms with Crippen LogP contribution in [0, 0.1) is 0 Å². The van der Waals surface area contributed by atoms with Gasteiger partial charge in [0.15, 0.2) is 0 Å². The molecule has 0 saturated carbocycles. The first kappa shape index (κ1) is 16.9. The number of carbonyl (C=O) groups is 1. The molecule has 0 N–H and O–H groups in total. The van der Waals surface area contributed by atoms with Crippen LogP contribution >= 0.6 is 22.7 Å². The van der Waals surface area contributed by atoms with E-state index in [9.17, 15) is 4.79 Å². The van der Waals surface area contributed by atoms with Crippen molar-refractivity contribution in [3.8, 4) is 11.5 Å². The number of thiophene rings is 1. The van der Waals surface area contributed by atoms with Crippen LogP contribution in [0.3, 0.4) is 0 Å². The number of benzene rings is 1. The molecular formula is C18H16N4O2S2. The topological polar surface area (TPSA) is 72.1 Å². The average molecular weight is 384 g/mol. The monoisotopic (exact) mass is 384 g/mol. The van der Waals surface area contributed by atoms with Crippen LogP contribution in [0.4, 0.5) is 0 Å². The Kier molecular flexibility index (Phi) is 4.77. The maximum Gasteiger partial charge on any atom is 0.248 e. The molecule has 26 heavy (non-hydrogen) atoms. The number of aromatic nitrogens is 3. The van der Waals surface area contributed by atoms with Crippen LogP contribution in [0.2, 0.25) is 0 Å². The molecule has 0 bridgehead atoms. The van der Waals surface area contributed by atoms with Gasteiger partial charge >= 0.3 is 0 Å². The lowest BCUT2D eigenvalue weighted by molar-refractivity contribution is -0.130. The predicted molar refractivity (Wildman–Crippen MR) is 102 cm³/mol. The Bertz CT molecular complexity index is 990. The number of para-hydroxylation sites is 1. The molecule has 4 aromatic rings. The van der Waals surface area contributed by atoms with E-state index in [0.29, 0.717) is 31.2 Å². The normalized spacial score (nSPS) is 11.1. The number of rotatable bonds is 6. The molecule has 0 saturated heterocycles. The van der Waals surface area contributed by atoms with Crippen molar-refractivity contribution in [3.63, 3.8) is 0 Å². The van der Waals surface area contributed by atoms with Gasteiger partial charge in [-0.25, -0.2) is 4.98 Å². The van der Waals surface area contributed by atoms with Crippen molar-refractivity contribution in [2.24, 2.45) is 0 Å². The Morgan fingerprint density at radius 3 is 2.92 bits per heavy atom. The molecule has 3 heterocycles. The molecular weight excluding hydrogens is 368 g/mol. The van der Waals surface area contributed by atoms with Crippen molar-refractivity contribution in [2.45, 2.75) is 19.4 Å². The van der Waals surface area contributed by atoms with Crippen LogP contribution in [0.15, 0.2) is 45.5 Å². The van der Waals surface area contributed by atoms with E-state index in [0.717, 1.165) is 20.8 Å². The highest BCUT2D eigenvalue weighted by Crippen LogP contribution is 2.23. The molecule has 8 heteroatoms. The van der Waals surface area contributed by atoms with Crippen LogP contribution < -0.4 is 0 Å². The Balaban J connectivity index is 1.34. The van der Waals surface area contributed by atoms with Gasteiger partial charge in [-0.05, 0) is 23.6 Å². The molecule has 3 aromatic heterocycles. The number of hydrogen-bond acceptors (Lipinski definition) is 7. The van der Waals surface area contributed by atoms with Gasteiger partial charge in [-0.15, -0.1) is 21.5 Å². The third kappa shape index (κ3) is 3.66. The molecule has 1 aromatic carbocycles. The zero-order valence-electron chi connectivity index (χ0n) is 14.1. The molecule has 0 aliphatic carbocycles. The first-order valence-corrected chi connectivity index (χ1v) is 9.88. The molecule has 0 atom stereocenters. The second kappa shape index (κ2) is 7.35. The number of aryl methyl sites for hydroxylation is 1. The summed E-state index contributed by atoms with van der Waals surface area (Å²) in [4.78, 5) is 18.6. The highest BCUT2D eigenvalue weighted by molar-refractivity contribution is 7.18. The fraction of sp³-hybridized carbons (Fsp3) is 0.222. The Labute approximate surface area is 158 Å². The SMILES string of the molecule is CN(Cc1nc2ccccc2s1)C(=O)CCc1nnc(-c2ccsc2)o1. The Morgan fingerprint density at radius 2 is 2.12 bits per heavy atom. The van der Waals surface area contributed by atoms with Crippen molar-refractivity contribution in [3.05, 3.63) is 52.0 Å². The minimum Gasteiger partial charge on any atom is -0.421 e. The first-order valence-electron chi connectivity index (χ1n) is 8.12. The van der Waals surface area contributed by atoms with Gasteiger partial charge in [-0.2, -0.15) is 11.3 Å². The van der Waals surface area contributed by atoms with Crippen molar-refractivity contribution >= 4 is 38.8 Å². The quantitative estimate of drug-likeness (QED) is 0.502. The number of thiazole rings is 1. The molecule has 0 aliphatic heterocycles. The molecule has 0 aliphatic rings. The lowest BCUT2D eigenvalue weighted by Gasteiger charge is -2.14. The summed E-state index contributed by atoms with van der Waals surface area (Å²) in [6.45, 7) is 0.502. The highest BCUT2D eigenvalue weighted by atomic mass is 32.1. The van der Waals surface area contributed by atoms with Gasteiger partial charge in [0.1, 0.15) is 5.01 Å². The lowest BCUT2D eigenvalue weighted by atomic mass is 10.3. The van der Waals surface area contributed by atoms with E-state index >= 15 is 0 Å². The molecule has 6 nitrogen and oxygen atoms in total. The standard InChI is InChI=1S/C18H16N4O2S2/c1-22(10-16-19-13-4-2-3-5-14(13)26-16)17(23)7-6-15-20-21-18(24-15)12-8-9-25-11-12/h2-5,8-9,11H,6-7,10H2,1H3. The van der Waals surface area contributed by atoms with Crippen molar-refractivity contribution in [1.82, 2.24) is 20.1 Å². The molecule has 132 valence electrons. The molecule has 0 radical (unpaired) electrons. The minimum absolute atomic E-state index is 0.0274. The smallest absolute Gasteiger partial charge is 0.248 e. The van der Waals surface area contributed by atoms with E-state index in [2.05, 4.69) is 15.2 Å². The van der Waals surface area contributed by atoms with Crippen LogP contribution in [0.1, 0.15) is 17.3 Å². The van der Waals surface area contributed by atoms with Gasteiger partial charge in [0.05, 0.1) is 16.8 Å². The maximum absolute atomic E-state index is 12.4. The average Bonchev–Trinajstić information content (AvgIpc) is 3.38. The highest BCUT2D eigenvalue weighted by Gasteiger charge is 2.15. The van der Waals surface area contributed by atoms with Crippen molar-refractivity contribution in [1.29, 1.82) is 0 Å². The van der Waals surface area contributed by atoms with Crippen LogP contribution in [0.5, 0.6) is 0 Å². The van der Waals surface area contributed by atoms with Gasteiger partial charge in [0.2, 0.25) is 17.7 Å². The van der Waals surface area contributed by atoms with E-state index in [4.69, 9.17) is 4.42 Å². The number of fused-ring (bicyclic) bond motifs is 1. The van der Waals surface area contributed by atoms with Crippen molar-refractivity contribution in [2.75, 3.05) is 7.05 Å². The molecule has 0 spiro atoms. The van der Waals surface area contributed by atoms with Gasteiger partial charge in [0, 0.05) is 30.8 Å².